The Morgan fingerprint density at radius 3 is 2.40 bits per heavy atom. The van der Waals surface area contributed by atoms with Gasteiger partial charge in [-0.05, 0) is 56.1 Å². The molecule has 2 aromatic carbocycles. The number of nitrogens with zero attached hydrogens (tertiary/aromatic N) is 4. The third-order valence-electron chi connectivity index (χ3n) is 10.3. The molecule has 2 bridgehead atoms. The van der Waals surface area contributed by atoms with Crippen LogP contribution in [0, 0.1) is 11.8 Å². The lowest BCUT2D eigenvalue weighted by molar-refractivity contribution is -0.139. The number of rotatable bonds is 7. The molecule has 0 saturated carbocycles. The fourth-order valence-corrected chi connectivity index (χ4v) is 9.09. The van der Waals surface area contributed by atoms with Gasteiger partial charge in [-0.2, -0.15) is 4.31 Å². The molecule has 3 aromatic rings. The second-order valence-electron chi connectivity index (χ2n) is 13.9. The minimum Gasteiger partial charge on any atom is -0.493 e. The van der Waals surface area contributed by atoms with E-state index in [1.54, 1.807) is 33.5 Å². The second kappa shape index (κ2) is 17.1. The summed E-state index contributed by atoms with van der Waals surface area (Å²) in [6, 6.07) is 12.9. The Balaban J connectivity index is 1.38. The van der Waals surface area contributed by atoms with Gasteiger partial charge in [-0.3, -0.25) is 9.59 Å². The van der Waals surface area contributed by atoms with Gasteiger partial charge in [-0.25, -0.2) is 13.4 Å². The van der Waals surface area contributed by atoms with Gasteiger partial charge in [0, 0.05) is 75.4 Å². The molecule has 14 heteroatoms. The first-order chi connectivity index (χ1) is 25.2. The molecule has 3 aliphatic heterocycles. The van der Waals surface area contributed by atoms with Crippen LogP contribution in [-0.2, 0) is 36.6 Å². The standard InChI is InChI=1S/C38H51N5O8S/c1-48-33-21-32-31(35(49-2)36(33)50-3)20-30-24-42(38(45)29-13-18-51-19-14-29)15-7-8-17-43(52(46,47)26-27-10-5-4-6-11-27)25-34(44)39-22-28-12-9-16-41(23-28)37(30)40-32/h4-6,10-11,20-21,28-29H,7-9,12-19,22-26H2,1-3H3,(H,39,44). The van der Waals surface area contributed by atoms with Crippen molar-refractivity contribution in [3.63, 3.8) is 0 Å². The molecule has 2 fully saturated rings. The lowest BCUT2D eigenvalue weighted by Gasteiger charge is -2.36. The van der Waals surface area contributed by atoms with Gasteiger partial charge in [0.25, 0.3) is 0 Å². The normalized spacial score (nSPS) is 20.2. The van der Waals surface area contributed by atoms with Crippen molar-refractivity contribution in [1.82, 2.24) is 19.5 Å². The van der Waals surface area contributed by atoms with E-state index in [2.05, 4.69) is 16.3 Å². The number of carbonyl (C=O) groups is 2. The van der Waals surface area contributed by atoms with Crippen molar-refractivity contribution >= 4 is 38.6 Å². The molecule has 1 aromatic heterocycles. The van der Waals surface area contributed by atoms with E-state index < -0.39 is 10.0 Å². The first-order valence-electron chi connectivity index (χ1n) is 18.2. The minimum absolute atomic E-state index is 0.0548. The summed E-state index contributed by atoms with van der Waals surface area (Å²) in [4.78, 5) is 37.0. The van der Waals surface area contributed by atoms with Crippen LogP contribution in [0.25, 0.3) is 10.9 Å². The zero-order valence-corrected chi connectivity index (χ0v) is 31.3. The van der Waals surface area contributed by atoms with Crippen LogP contribution >= 0.6 is 0 Å². The fraction of sp³-hybridized carbons (Fsp3) is 0.553. The Kier molecular flexibility index (Phi) is 12.4. The number of methoxy groups -OCH3 is 3. The van der Waals surface area contributed by atoms with Crippen molar-refractivity contribution in [3.05, 3.63) is 53.6 Å². The number of benzene rings is 2. The molecule has 3 aliphatic rings. The molecular formula is C38H51N5O8S. The molecule has 6 rings (SSSR count). The van der Waals surface area contributed by atoms with Crippen LogP contribution < -0.4 is 24.4 Å². The monoisotopic (exact) mass is 737 g/mol. The summed E-state index contributed by atoms with van der Waals surface area (Å²) in [6.07, 6.45) is 4.11. The zero-order chi connectivity index (χ0) is 36.7. The van der Waals surface area contributed by atoms with Gasteiger partial charge in [-0.1, -0.05) is 30.3 Å². The molecule has 0 aliphatic carbocycles. The van der Waals surface area contributed by atoms with Gasteiger partial charge in [-0.15, -0.1) is 0 Å². The SMILES string of the molecule is COc1cc2nc3c(cc2c(OC)c1OC)CN(C(=O)C1CCOCC1)CCCCN(S(=O)(=O)Cc1ccccc1)CC(=O)NCC1CCCN3C1. The number of piperidine rings is 1. The highest BCUT2D eigenvalue weighted by Crippen LogP contribution is 2.44. The number of nitrogens with one attached hydrogen (secondary N) is 1. The van der Waals surface area contributed by atoms with Crippen LogP contribution in [0.15, 0.2) is 42.5 Å². The lowest BCUT2D eigenvalue weighted by atomic mass is 9.96. The van der Waals surface area contributed by atoms with Gasteiger partial charge in [0.2, 0.25) is 27.6 Å². The maximum Gasteiger partial charge on any atom is 0.235 e. The molecular weight excluding hydrogens is 687 g/mol. The Bertz CT molecular complexity index is 1820. The second-order valence-corrected chi connectivity index (χ2v) is 15.8. The number of amides is 2. The van der Waals surface area contributed by atoms with Crippen molar-refractivity contribution in [2.45, 2.75) is 50.8 Å². The van der Waals surface area contributed by atoms with E-state index in [1.165, 1.54) is 4.31 Å². The molecule has 2 amide bonds. The first kappa shape index (κ1) is 37.6. The summed E-state index contributed by atoms with van der Waals surface area (Å²) in [7, 11) is 0.933. The van der Waals surface area contributed by atoms with Gasteiger partial charge < -0.3 is 34.1 Å². The highest BCUT2D eigenvalue weighted by Gasteiger charge is 2.31. The topological polar surface area (TPSA) is 140 Å². The van der Waals surface area contributed by atoms with E-state index >= 15 is 0 Å². The number of hydrogen-bond donors (Lipinski definition) is 1. The Labute approximate surface area is 306 Å². The summed E-state index contributed by atoms with van der Waals surface area (Å²) < 4.78 is 51.5. The third kappa shape index (κ3) is 8.72. The van der Waals surface area contributed by atoms with Crippen molar-refractivity contribution in [2.75, 3.05) is 78.7 Å². The van der Waals surface area contributed by atoms with Crippen molar-refractivity contribution in [3.8, 4) is 17.2 Å². The largest absolute Gasteiger partial charge is 0.493 e. The van der Waals surface area contributed by atoms with Crippen LogP contribution in [0.5, 0.6) is 17.2 Å². The summed E-state index contributed by atoms with van der Waals surface area (Å²) in [5, 5.41) is 3.78. The average molecular weight is 738 g/mol. The van der Waals surface area contributed by atoms with E-state index in [1.807, 2.05) is 29.2 Å². The number of aromatic nitrogens is 1. The molecule has 2 saturated heterocycles. The zero-order valence-electron chi connectivity index (χ0n) is 30.5. The van der Waals surface area contributed by atoms with Crippen molar-refractivity contribution < 1.29 is 37.0 Å². The molecule has 1 N–H and O–H groups in total. The number of fused-ring (bicyclic) bond motifs is 5. The van der Waals surface area contributed by atoms with Gasteiger partial charge in [0.05, 0.1) is 39.1 Å². The van der Waals surface area contributed by atoms with E-state index in [0.717, 1.165) is 36.2 Å². The third-order valence-corrected chi connectivity index (χ3v) is 12.1. The van der Waals surface area contributed by atoms with E-state index in [-0.39, 0.29) is 42.5 Å². The Hall–Kier alpha value is -4.14. The van der Waals surface area contributed by atoms with Crippen molar-refractivity contribution in [1.29, 1.82) is 0 Å². The maximum absolute atomic E-state index is 14.3. The fourth-order valence-electron chi connectivity index (χ4n) is 7.57. The summed E-state index contributed by atoms with van der Waals surface area (Å²) in [6.45, 7) is 3.55. The molecule has 282 valence electrons. The minimum atomic E-state index is -3.80. The Morgan fingerprint density at radius 1 is 0.923 bits per heavy atom. The van der Waals surface area contributed by atoms with Crippen LogP contribution in [-0.4, -0.2) is 108 Å². The number of sulfonamides is 1. The molecule has 1 atom stereocenters. The predicted octanol–water partition coefficient (Wildman–Crippen LogP) is 3.97. The summed E-state index contributed by atoms with van der Waals surface area (Å²) in [5.41, 5.74) is 2.22. The quantitative estimate of drug-likeness (QED) is 0.379. The van der Waals surface area contributed by atoms with Crippen LogP contribution in [0.4, 0.5) is 5.82 Å². The lowest BCUT2D eigenvalue weighted by Crippen LogP contribution is -2.46. The first-order valence-corrected chi connectivity index (χ1v) is 19.8. The van der Waals surface area contributed by atoms with Gasteiger partial charge in [0.15, 0.2) is 11.5 Å². The number of anilines is 1. The highest BCUT2D eigenvalue weighted by molar-refractivity contribution is 7.88. The van der Waals surface area contributed by atoms with Crippen LogP contribution in [0.3, 0.4) is 0 Å². The number of ether oxygens (including phenoxy) is 4. The Morgan fingerprint density at radius 2 is 1.67 bits per heavy atom. The summed E-state index contributed by atoms with van der Waals surface area (Å²) in [5.74, 6) is 1.74. The molecule has 1 unspecified atom stereocenters. The van der Waals surface area contributed by atoms with E-state index in [0.29, 0.717) is 93.4 Å². The van der Waals surface area contributed by atoms with Crippen LogP contribution in [0.1, 0.15) is 49.7 Å². The van der Waals surface area contributed by atoms with Crippen molar-refractivity contribution in [2.24, 2.45) is 11.8 Å². The summed E-state index contributed by atoms with van der Waals surface area (Å²) >= 11 is 0. The van der Waals surface area contributed by atoms with Gasteiger partial charge in [0.1, 0.15) is 5.82 Å². The van der Waals surface area contributed by atoms with Crippen LogP contribution in [0.2, 0.25) is 0 Å². The molecule has 52 heavy (non-hydrogen) atoms. The molecule has 4 heterocycles. The highest BCUT2D eigenvalue weighted by atomic mass is 32.2. The smallest absolute Gasteiger partial charge is 0.235 e. The molecule has 0 spiro atoms. The average Bonchev–Trinajstić information content (AvgIpc) is 3.16. The maximum atomic E-state index is 14.3. The van der Waals surface area contributed by atoms with E-state index in [9.17, 15) is 18.0 Å². The number of carbonyl (C=O) groups excluding carboxylic acids is 2. The number of hydrogen-bond acceptors (Lipinski definition) is 10. The molecule has 13 nitrogen and oxygen atoms in total. The molecule has 0 radical (unpaired) electrons. The van der Waals surface area contributed by atoms with Gasteiger partial charge >= 0.3 is 0 Å². The van der Waals surface area contributed by atoms with E-state index in [4.69, 9.17) is 23.9 Å². The number of pyridine rings is 1. The predicted molar refractivity (Wildman–Crippen MR) is 198 cm³/mol.